The molecule has 132 valence electrons. The van der Waals surface area contributed by atoms with Crippen LogP contribution in [0.4, 0.5) is 5.82 Å². The van der Waals surface area contributed by atoms with Crippen molar-refractivity contribution in [3.8, 4) is 0 Å². The molecule has 0 radical (unpaired) electrons. The van der Waals surface area contributed by atoms with E-state index in [1.165, 1.54) is 19.3 Å². The fraction of sp³-hybridized carbons (Fsp3) is 0.400. The summed E-state index contributed by atoms with van der Waals surface area (Å²) >= 11 is 0. The number of rotatable bonds is 6. The maximum Gasteiger partial charge on any atom is 0.254 e. The fourth-order valence-electron chi connectivity index (χ4n) is 3.26. The van der Waals surface area contributed by atoms with Gasteiger partial charge in [-0.15, -0.1) is 0 Å². The first-order valence-electron chi connectivity index (χ1n) is 8.84. The maximum absolute atomic E-state index is 12.6. The SMILES string of the molecule is CO[C@H](C(=O)NCc1cccnc1N1CCCCC1)c1ccccc1. The summed E-state index contributed by atoms with van der Waals surface area (Å²) in [6.45, 7) is 2.51. The highest BCUT2D eigenvalue weighted by Gasteiger charge is 2.21. The first kappa shape index (κ1) is 17.4. The van der Waals surface area contributed by atoms with Crippen LogP contribution in [0.25, 0.3) is 0 Å². The fourth-order valence-corrected chi connectivity index (χ4v) is 3.26. The maximum atomic E-state index is 12.6. The third-order valence-corrected chi connectivity index (χ3v) is 4.55. The highest BCUT2D eigenvalue weighted by atomic mass is 16.5. The number of amides is 1. The van der Waals surface area contributed by atoms with Gasteiger partial charge < -0.3 is 15.0 Å². The first-order chi connectivity index (χ1) is 12.3. The van der Waals surface area contributed by atoms with Crippen LogP contribution in [-0.2, 0) is 16.1 Å². The number of nitrogens with one attached hydrogen (secondary N) is 1. The van der Waals surface area contributed by atoms with Gasteiger partial charge in [-0.25, -0.2) is 4.98 Å². The van der Waals surface area contributed by atoms with E-state index >= 15 is 0 Å². The molecule has 0 saturated carbocycles. The molecular weight excluding hydrogens is 314 g/mol. The van der Waals surface area contributed by atoms with Crippen LogP contribution in [0.3, 0.4) is 0 Å². The minimum atomic E-state index is -0.601. The van der Waals surface area contributed by atoms with Gasteiger partial charge in [-0.05, 0) is 30.9 Å². The molecule has 1 aliphatic rings. The van der Waals surface area contributed by atoms with Crippen molar-refractivity contribution in [2.24, 2.45) is 0 Å². The number of hydrogen-bond donors (Lipinski definition) is 1. The normalized spacial score (nSPS) is 15.6. The quantitative estimate of drug-likeness (QED) is 0.879. The van der Waals surface area contributed by atoms with Gasteiger partial charge in [0.15, 0.2) is 6.10 Å². The average molecular weight is 339 g/mol. The number of carbonyl (C=O) groups is 1. The Balaban J connectivity index is 1.67. The van der Waals surface area contributed by atoms with Gasteiger partial charge in [0.25, 0.3) is 5.91 Å². The van der Waals surface area contributed by atoms with Crippen molar-refractivity contribution in [1.29, 1.82) is 0 Å². The predicted octanol–water partition coefficient (Wildman–Crippen LogP) is 3.08. The van der Waals surface area contributed by atoms with Crippen LogP contribution in [-0.4, -0.2) is 31.1 Å². The van der Waals surface area contributed by atoms with Gasteiger partial charge in [-0.1, -0.05) is 36.4 Å². The Labute approximate surface area is 149 Å². The van der Waals surface area contributed by atoms with Crippen molar-refractivity contribution in [3.05, 3.63) is 59.8 Å². The molecule has 0 bridgehead atoms. The highest BCUT2D eigenvalue weighted by molar-refractivity contribution is 5.82. The van der Waals surface area contributed by atoms with Crippen LogP contribution in [0, 0.1) is 0 Å². The Bertz CT molecular complexity index is 684. The number of piperidine rings is 1. The summed E-state index contributed by atoms with van der Waals surface area (Å²) in [5.74, 6) is 0.846. The molecule has 0 spiro atoms. The summed E-state index contributed by atoms with van der Waals surface area (Å²) in [7, 11) is 1.56. The minimum absolute atomic E-state index is 0.137. The lowest BCUT2D eigenvalue weighted by Gasteiger charge is -2.29. The van der Waals surface area contributed by atoms with Crippen molar-refractivity contribution >= 4 is 11.7 Å². The number of anilines is 1. The lowest BCUT2D eigenvalue weighted by Crippen LogP contribution is -2.33. The zero-order chi connectivity index (χ0) is 17.5. The van der Waals surface area contributed by atoms with Gasteiger partial charge in [0, 0.05) is 38.5 Å². The largest absolute Gasteiger partial charge is 0.367 e. The summed E-state index contributed by atoms with van der Waals surface area (Å²) < 4.78 is 5.40. The van der Waals surface area contributed by atoms with Crippen LogP contribution in [0.1, 0.15) is 36.5 Å². The van der Waals surface area contributed by atoms with Crippen molar-refractivity contribution < 1.29 is 9.53 Å². The number of benzene rings is 1. The van der Waals surface area contributed by atoms with E-state index in [1.807, 2.05) is 48.7 Å². The molecule has 5 heteroatoms. The van der Waals surface area contributed by atoms with Crippen molar-refractivity contribution in [2.45, 2.75) is 31.9 Å². The van der Waals surface area contributed by atoms with Crippen LogP contribution in [0.5, 0.6) is 0 Å². The summed E-state index contributed by atoms with van der Waals surface area (Å²) in [6.07, 6.45) is 4.89. The monoisotopic (exact) mass is 339 g/mol. The van der Waals surface area contributed by atoms with E-state index in [0.29, 0.717) is 6.54 Å². The number of hydrogen-bond acceptors (Lipinski definition) is 4. The van der Waals surface area contributed by atoms with Crippen LogP contribution >= 0.6 is 0 Å². The number of aromatic nitrogens is 1. The third kappa shape index (κ3) is 4.37. The number of carbonyl (C=O) groups excluding carboxylic acids is 1. The molecule has 1 N–H and O–H groups in total. The van der Waals surface area contributed by atoms with E-state index in [0.717, 1.165) is 30.0 Å². The molecule has 25 heavy (non-hydrogen) atoms. The molecule has 2 aromatic rings. The Morgan fingerprint density at radius 1 is 1.16 bits per heavy atom. The second-order valence-corrected chi connectivity index (χ2v) is 6.28. The van der Waals surface area contributed by atoms with E-state index in [-0.39, 0.29) is 5.91 Å². The molecule has 1 aromatic carbocycles. The number of ether oxygens (including phenoxy) is 1. The molecule has 5 nitrogen and oxygen atoms in total. The van der Waals surface area contributed by atoms with Gasteiger partial charge >= 0.3 is 0 Å². The molecule has 0 aliphatic carbocycles. The zero-order valence-electron chi connectivity index (χ0n) is 14.6. The van der Waals surface area contributed by atoms with E-state index in [4.69, 9.17) is 4.74 Å². The Kier molecular flexibility index (Phi) is 6.01. The van der Waals surface area contributed by atoms with Gasteiger partial charge in [0.1, 0.15) is 5.82 Å². The molecule has 0 unspecified atom stereocenters. The standard InChI is InChI=1S/C20H25N3O2/c1-25-18(16-9-4-2-5-10-16)20(24)22-15-17-11-8-12-21-19(17)23-13-6-3-7-14-23/h2,4-5,8-12,18H,3,6-7,13-15H2,1H3,(H,22,24)/t18-/m0/s1. The van der Waals surface area contributed by atoms with Crippen molar-refractivity contribution in [2.75, 3.05) is 25.1 Å². The highest BCUT2D eigenvalue weighted by Crippen LogP contribution is 2.22. The Morgan fingerprint density at radius 2 is 1.92 bits per heavy atom. The number of nitrogens with zero attached hydrogens (tertiary/aromatic N) is 2. The van der Waals surface area contributed by atoms with Gasteiger partial charge in [-0.3, -0.25) is 4.79 Å². The van der Waals surface area contributed by atoms with E-state index in [1.54, 1.807) is 7.11 Å². The topological polar surface area (TPSA) is 54.5 Å². The second kappa shape index (κ2) is 8.62. The minimum Gasteiger partial charge on any atom is -0.367 e. The summed E-state index contributed by atoms with van der Waals surface area (Å²) in [4.78, 5) is 19.4. The molecule has 3 rings (SSSR count). The molecular formula is C20H25N3O2. The first-order valence-corrected chi connectivity index (χ1v) is 8.84. The number of methoxy groups -OCH3 is 1. The summed E-state index contributed by atoms with van der Waals surface area (Å²) in [6, 6.07) is 13.5. The molecule has 2 heterocycles. The Morgan fingerprint density at radius 3 is 2.64 bits per heavy atom. The van der Waals surface area contributed by atoms with Crippen LogP contribution < -0.4 is 10.2 Å². The molecule has 1 atom stereocenters. The predicted molar refractivity (Wildman–Crippen MR) is 98.3 cm³/mol. The van der Waals surface area contributed by atoms with Gasteiger partial charge in [0.2, 0.25) is 0 Å². The Hall–Kier alpha value is -2.40. The van der Waals surface area contributed by atoms with Crippen LogP contribution in [0.15, 0.2) is 48.7 Å². The van der Waals surface area contributed by atoms with Gasteiger partial charge in [-0.2, -0.15) is 0 Å². The second-order valence-electron chi connectivity index (χ2n) is 6.28. The third-order valence-electron chi connectivity index (χ3n) is 4.55. The molecule has 1 aromatic heterocycles. The van der Waals surface area contributed by atoms with E-state index < -0.39 is 6.10 Å². The summed E-state index contributed by atoms with van der Waals surface area (Å²) in [5, 5.41) is 3.00. The number of pyridine rings is 1. The molecule has 1 aliphatic heterocycles. The zero-order valence-corrected chi connectivity index (χ0v) is 14.6. The molecule has 1 fully saturated rings. The van der Waals surface area contributed by atoms with Crippen molar-refractivity contribution in [1.82, 2.24) is 10.3 Å². The average Bonchev–Trinajstić information content (AvgIpc) is 2.69. The molecule has 1 saturated heterocycles. The lowest BCUT2D eigenvalue weighted by molar-refractivity contribution is -0.131. The smallest absolute Gasteiger partial charge is 0.254 e. The van der Waals surface area contributed by atoms with E-state index in [9.17, 15) is 4.79 Å². The van der Waals surface area contributed by atoms with Gasteiger partial charge in [0.05, 0.1) is 0 Å². The van der Waals surface area contributed by atoms with Crippen molar-refractivity contribution in [3.63, 3.8) is 0 Å². The molecule has 1 amide bonds. The summed E-state index contributed by atoms with van der Waals surface area (Å²) in [5.41, 5.74) is 1.89. The van der Waals surface area contributed by atoms with E-state index in [2.05, 4.69) is 15.2 Å². The lowest BCUT2D eigenvalue weighted by atomic mass is 10.1. The van der Waals surface area contributed by atoms with Crippen LogP contribution in [0.2, 0.25) is 0 Å².